The van der Waals surface area contributed by atoms with Crippen LogP contribution in [0.3, 0.4) is 0 Å². The molecule has 0 radical (unpaired) electrons. The standard InChI is InChI=1S/C21H17F2N7O/c1-12(18-15(22)7-16-14(19(18)23)3-2-4-24-16)30-11-26-20-21(30)28-17(9-25-20)13-8-27-29(10-13)5-6-31/h2-4,7-12,31H,5-6H2,1H3. The van der Waals surface area contributed by atoms with Crippen molar-refractivity contribution in [2.45, 2.75) is 19.5 Å². The third-order valence-electron chi connectivity index (χ3n) is 5.21. The Hall–Kier alpha value is -3.79. The van der Waals surface area contributed by atoms with Gasteiger partial charge in [-0.3, -0.25) is 9.67 Å². The van der Waals surface area contributed by atoms with Crippen LogP contribution in [0.1, 0.15) is 18.5 Å². The Labute approximate surface area is 174 Å². The average molecular weight is 421 g/mol. The van der Waals surface area contributed by atoms with E-state index in [-0.39, 0.29) is 23.1 Å². The maximum atomic E-state index is 15.2. The van der Waals surface area contributed by atoms with Crippen LogP contribution in [0, 0.1) is 11.6 Å². The number of aliphatic hydroxyl groups excluding tert-OH is 1. The number of imidazole rings is 1. The van der Waals surface area contributed by atoms with Gasteiger partial charge in [-0.1, -0.05) is 0 Å². The van der Waals surface area contributed by atoms with E-state index >= 15 is 4.39 Å². The molecule has 0 aliphatic rings. The molecule has 1 atom stereocenters. The zero-order valence-electron chi connectivity index (χ0n) is 16.4. The molecule has 0 spiro atoms. The van der Waals surface area contributed by atoms with Crippen LogP contribution < -0.4 is 0 Å². The van der Waals surface area contributed by atoms with E-state index in [0.29, 0.717) is 29.1 Å². The molecule has 31 heavy (non-hydrogen) atoms. The van der Waals surface area contributed by atoms with Crippen LogP contribution in [0.5, 0.6) is 0 Å². The monoisotopic (exact) mass is 421 g/mol. The Bertz CT molecular complexity index is 1410. The Balaban J connectivity index is 1.61. The second-order valence-electron chi connectivity index (χ2n) is 7.10. The summed E-state index contributed by atoms with van der Waals surface area (Å²) in [7, 11) is 0. The molecule has 0 saturated heterocycles. The fourth-order valence-corrected chi connectivity index (χ4v) is 3.64. The summed E-state index contributed by atoms with van der Waals surface area (Å²) in [5.74, 6) is -1.35. The summed E-state index contributed by atoms with van der Waals surface area (Å²) in [6.45, 7) is 2.01. The van der Waals surface area contributed by atoms with E-state index in [9.17, 15) is 4.39 Å². The topological polar surface area (TPSA) is 94.5 Å². The number of hydrogen-bond acceptors (Lipinski definition) is 6. The van der Waals surface area contributed by atoms with Gasteiger partial charge in [0.05, 0.1) is 49.1 Å². The molecule has 5 rings (SSSR count). The molecule has 4 heterocycles. The molecule has 8 nitrogen and oxygen atoms in total. The smallest absolute Gasteiger partial charge is 0.197 e. The lowest BCUT2D eigenvalue weighted by atomic mass is 10.0. The van der Waals surface area contributed by atoms with Gasteiger partial charge in [-0.25, -0.2) is 23.7 Å². The van der Waals surface area contributed by atoms with Crippen LogP contribution in [-0.2, 0) is 6.54 Å². The molecule has 1 aromatic carbocycles. The van der Waals surface area contributed by atoms with Crippen LogP contribution in [-0.4, -0.2) is 46.0 Å². The third-order valence-corrected chi connectivity index (χ3v) is 5.21. The van der Waals surface area contributed by atoms with Gasteiger partial charge in [0, 0.05) is 35.0 Å². The SMILES string of the molecule is CC(c1c(F)cc2ncccc2c1F)n1cnc2ncc(-c3cnn(CCO)c3)nc21. The normalized spacial score (nSPS) is 12.6. The molecule has 5 aromatic rings. The molecule has 0 saturated carbocycles. The zero-order valence-corrected chi connectivity index (χ0v) is 16.4. The van der Waals surface area contributed by atoms with Gasteiger partial charge in [0.25, 0.3) is 0 Å². The van der Waals surface area contributed by atoms with E-state index in [4.69, 9.17) is 5.11 Å². The summed E-state index contributed by atoms with van der Waals surface area (Å²) in [5, 5.41) is 13.5. The molecule has 0 bridgehead atoms. The van der Waals surface area contributed by atoms with E-state index in [1.165, 1.54) is 18.6 Å². The Morgan fingerprint density at radius 2 is 2.03 bits per heavy atom. The second kappa shape index (κ2) is 7.47. The average Bonchev–Trinajstić information content (AvgIpc) is 3.40. The minimum Gasteiger partial charge on any atom is -0.394 e. The van der Waals surface area contributed by atoms with E-state index in [2.05, 4.69) is 25.0 Å². The predicted molar refractivity (Wildman–Crippen MR) is 109 cm³/mol. The maximum Gasteiger partial charge on any atom is 0.197 e. The van der Waals surface area contributed by atoms with Gasteiger partial charge in [-0.05, 0) is 19.1 Å². The first kappa shape index (κ1) is 19.2. The van der Waals surface area contributed by atoms with Gasteiger partial charge >= 0.3 is 0 Å². The first-order chi connectivity index (χ1) is 15.1. The van der Waals surface area contributed by atoms with Gasteiger partial charge in [0.1, 0.15) is 11.6 Å². The lowest BCUT2D eigenvalue weighted by Crippen LogP contribution is -2.11. The highest BCUT2D eigenvalue weighted by Crippen LogP contribution is 2.31. The van der Waals surface area contributed by atoms with Crippen LogP contribution in [0.25, 0.3) is 33.5 Å². The minimum atomic E-state index is -0.726. The molecule has 156 valence electrons. The van der Waals surface area contributed by atoms with Crippen LogP contribution in [0.4, 0.5) is 8.78 Å². The number of rotatable bonds is 5. The summed E-state index contributed by atoms with van der Waals surface area (Å²) < 4.78 is 33.3. The molecular weight excluding hydrogens is 404 g/mol. The zero-order chi connectivity index (χ0) is 21.5. The van der Waals surface area contributed by atoms with Crippen molar-refractivity contribution < 1.29 is 13.9 Å². The van der Waals surface area contributed by atoms with Gasteiger partial charge in [0.15, 0.2) is 11.3 Å². The molecular formula is C21H17F2N7O. The molecule has 0 aliphatic heterocycles. The minimum absolute atomic E-state index is 0.0332. The Kier molecular flexibility index (Phi) is 4.63. The fourth-order valence-electron chi connectivity index (χ4n) is 3.64. The summed E-state index contributed by atoms with van der Waals surface area (Å²) in [6, 6.07) is 3.69. The number of fused-ring (bicyclic) bond motifs is 2. The molecule has 4 aromatic heterocycles. The maximum absolute atomic E-state index is 15.2. The first-order valence-electron chi connectivity index (χ1n) is 9.62. The highest BCUT2D eigenvalue weighted by molar-refractivity contribution is 5.80. The molecule has 0 aliphatic carbocycles. The third kappa shape index (κ3) is 3.21. The van der Waals surface area contributed by atoms with Gasteiger partial charge in [-0.2, -0.15) is 5.10 Å². The quantitative estimate of drug-likeness (QED) is 0.469. The van der Waals surface area contributed by atoms with E-state index in [1.54, 1.807) is 46.9 Å². The van der Waals surface area contributed by atoms with Crippen LogP contribution >= 0.6 is 0 Å². The predicted octanol–water partition coefficient (Wildman–Crippen LogP) is 3.12. The summed E-state index contributed by atoms with van der Waals surface area (Å²) >= 11 is 0. The molecule has 0 fully saturated rings. The van der Waals surface area contributed by atoms with Gasteiger partial charge in [-0.15, -0.1) is 0 Å². The van der Waals surface area contributed by atoms with Crippen LogP contribution in [0.15, 0.2) is 49.3 Å². The van der Waals surface area contributed by atoms with Crippen molar-refractivity contribution in [2.75, 3.05) is 6.61 Å². The van der Waals surface area contributed by atoms with Crippen molar-refractivity contribution in [3.63, 3.8) is 0 Å². The van der Waals surface area contributed by atoms with Crippen molar-refractivity contribution in [3.05, 3.63) is 66.5 Å². The Morgan fingerprint density at radius 3 is 2.87 bits per heavy atom. The lowest BCUT2D eigenvalue weighted by molar-refractivity contribution is 0.269. The molecule has 10 heteroatoms. The van der Waals surface area contributed by atoms with Crippen molar-refractivity contribution in [1.29, 1.82) is 0 Å². The second-order valence-corrected chi connectivity index (χ2v) is 7.10. The van der Waals surface area contributed by atoms with E-state index < -0.39 is 17.7 Å². The van der Waals surface area contributed by atoms with Crippen molar-refractivity contribution in [1.82, 2.24) is 34.3 Å². The highest BCUT2D eigenvalue weighted by Gasteiger charge is 2.23. The van der Waals surface area contributed by atoms with Gasteiger partial charge < -0.3 is 9.67 Å². The molecule has 0 amide bonds. The number of halogens is 2. The number of aliphatic hydroxyl groups is 1. The van der Waals surface area contributed by atoms with Crippen LogP contribution in [0.2, 0.25) is 0 Å². The highest BCUT2D eigenvalue weighted by atomic mass is 19.1. The fraction of sp³-hybridized carbons (Fsp3) is 0.190. The number of benzene rings is 1. The summed E-state index contributed by atoms with van der Waals surface area (Å²) in [6.07, 6.45) is 7.89. The molecule has 1 N–H and O–H groups in total. The number of hydrogen-bond donors (Lipinski definition) is 1. The number of nitrogens with zero attached hydrogens (tertiary/aromatic N) is 7. The largest absolute Gasteiger partial charge is 0.394 e. The number of aromatic nitrogens is 7. The lowest BCUT2D eigenvalue weighted by Gasteiger charge is -2.17. The van der Waals surface area contributed by atoms with Gasteiger partial charge in [0.2, 0.25) is 0 Å². The summed E-state index contributed by atoms with van der Waals surface area (Å²) in [4.78, 5) is 17.2. The van der Waals surface area contributed by atoms with Crippen molar-refractivity contribution in [2.24, 2.45) is 0 Å². The molecule has 1 unspecified atom stereocenters. The van der Waals surface area contributed by atoms with E-state index in [0.717, 1.165) is 0 Å². The Morgan fingerprint density at radius 1 is 1.16 bits per heavy atom. The summed E-state index contributed by atoms with van der Waals surface area (Å²) in [5.41, 5.74) is 2.16. The van der Waals surface area contributed by atoms with Crippen molar-refractivity contribution in [3.8, 4) is 11.3 Å². The van der Waals surface area contributed by atoms with Crippen molar-refractivity contribution >= 4 is 22.2 Å². The first-order valence-corrected chi connectivity index (χ1v) is 9.62. The van der Waals surface area contributed by atoms with E-state index in [1.807, 2.05) is 0 Å². The number of pyridine rings is 1.